The molecule has 2 heterocycles. The van der Waals surface area contributed by atoms with Crippen molar-refractivity contribution in [2.45, 2.75) is 40.2 Å². The molecule has 20 heavy (non-hydrogen) atoms. The number of thiophene rings is 1. The number of anilines is 2. The number of nitriles is 1. The Labute approximate surface area is 125 Å². The van der Waals surface area contributed by atoms with Crippen LogP contribution in [0.25, 0.3) is 0 Å². The maximum Gasteiger partial charge on any atom is 0.178 e. The predicted molar refractivity (Wildman–Crippen MR) is 84.4 cm³/mol. The van der Waals surface area contributed by atoms with Crippen LogP contribution in [0.1, 0.15) is 39.0 Å². The minimum Gasteiger partial charge on any atom is -0.486 e. The van der Waals surface area contributed by atoms with E-state index in [0.29, 0.717) is 28.1 Å². The number of ether oxygens (including phenoxy) is 1. The van der Waals surface area contributed by atoms with Gasteiger partial charge in [0.05, 0.1) is 6.10 Å². The Balaban J connectivity index is 2.37. The molecule has 1 aliphatic rings. The van der Waals surface area contributed by atoms with Crippen LogP contribution in [0.4, 0.5) is 10.7 Å². The van der Waals surface area contributed by atoms with Crippen LogP contribution in [0, 0.1) is 23.2 Å². The van der Waals surface area contributed by atoms with Crippen molar-refractivity contribution < 1.29 is 4.74 Å². The van der Waals surface area contributed by atoms with E-state index in [1.165, 1.54) is 17.8 Å². The van der Waals surface area contributed by atoms with Gasteiger partial charge in [0.1, 0.15) is 21.6 Å². The molecule has 2 rings (SSSR count). The summed E-state index contributed by atoms with van der Waals surface area (Å²) in [6.07, 6.45) is 1.31. The second kappa shape index (κ2) is 5.92. The lowest BCUT2D eigenvalue weighted by Gasteiger charge is -2.36. The lowest BCUT2D eigenvalue weighted by Crippen LogP contribution is -2.38. The van der Waals surface area contributed by atoms with E-state index in [1.54, 1.807) is 0 Å². The third-order valence-electron chi connectivity index (χ3n) is 3.49. The van der Waals surface area contributed by atoms with Gasteiger partial charge in [-0.1, -0.05) is 13.8 Å². The van der Waals surface area contributed by atoms with Crippen molar-refractivity contribution in [3.05, 3.63) is 4.88 Å². The second-order valence-electron chi connectivity index (χ2n) is 6.11. The van der Waals surface area contributed by atoms with Gasteiger partial charge in [0.25, 0.3) is 0 Å². The summed E-state index contributed by atoms with van der Waals surface area (Å²) >= 11 is 1.45. The fourth-order valence-corrected chi connectivity index (χ4v) is 3.86. The number of nitrogens with two attached hydrogens (primary N) is 1. The third kappa shape index (κ3) is 3.01. The Morgan fingerprint density at radius 1 is 1.35 bits per heavy atom. The van der Waals surface area contributed by atoms with E-state index in [1.807, 2.05) is 13.8 Å². The van der Waals surface area contributed by atoms with Crippen molar-refractivity contribution in [3.8, 4) is 11.8 Å². The molecule has 1 saturated heterocycles. The molecule has 0 saturated carbocycles. The summed E-state index contributed by atoms with van der Waals surface area (Å²) in [6, 6.07) is 2.18. The molecular weight excluding hydrogens is 270 g/mol. The Bertz CT molecular complexity index is 508. The molecule has 4 nitrogen and oxygen atoms in total. The number of nitrogens with zero attached hydrogens (tertiary/aromatic N) is 2. The van der Waals surface area contributed by atoms with Crippen molar-refractivity contribution in [1.82, 2.24) is 0 Å². The van der Waals surface area contributed by atoms with E-state index in [4.69, 9.17) is 10.5 Å². The fraction of sp³-hybridized carbons (Fsp3) is 0.667. The first-order valence-corrected chi connectivity index (χ1v) is 7.98. The van der Waals surface area contributed by atoms with Crippen molar-refractivity contribution >= 4 is 22.0 Å². The molecule has 0 amide bonds. The molecule has 0 spiro atoms. The number of piperidine rings is 1. The Hall–Kier alpha value is -1.41. The van der Waals surface area contributed by atoms with E-state index < -0.39 is 0 Å². The molecule has 0 radical (unpaired) electrons. The predicted octanol–water partition coefficient (Wildman–Crippen LogP) is 3.47. The lowest BCUT2D eigenvalue weighted by atomic mass is 9.92. The van der Waals surface area contributed by atoms with E-state index in [2.05, 4.69) is 24.8 Å². The molecule has 2 N–H and O–H groups in total. The molecule has 2 atom stereocenters. The van der Waals surface area contributed by atoms with Gasteiger partial charge in [-0.25, -0.2) is 0 Å². The Morgan fingerprint density at radius 2 is 1.95 bits per heavy atom. The number of hydrogen-bond acceptors (Lipinski definition) is 5. The molecule has 5 heteroatoms. The fourth-order valence-electron chi connectivity index (χ4n) is 2.89. The molecule has 0 aliphatic carbocycles. The average Bonchev–Trinajstić information content (AvgIpc) is 2.65. The van der Waals surface area contributed by atoms with Gasteiger partial charge in [-0.3, -0.25) is 0 Å². The maximum absolute atomic E-state index is 9.20. The van der Waals surface area contributed by atoms with Crippen molar-refractivity contribution in [2.75, 3.05) is 23.7 Å². The number of hydrogen-bond donors (Lipinski definition) is 1. The molecular formula is C15H23N3OS. The van der Waals surface area contributed by atoms with Crippen LogP contribution in [0.15, 0.2) is 0 Å². The average molecular weight is 293 g/mol. The van der Waals surface area contributed by atoms with Crippen molar-refractivity contribution in [2.24, 2.45) is 11.8 Å². The van der Waals surface area contributed by atoms with E-state index in [-0.39, 0.29) is 6.10 Å². The SMILES string of the molecule is CC1CC(C)CN(c2sc(C#N)c(N)c2OC(C)C)C1. The third-order valence-corrected chi connectivity index (χ3v) is 4.65. The van der Waals surface area contributed by atoms with E-state index >= 15 is 0 Å². The second-order valence-corrected chi connectivity index (χ2v) is 7.11. The summed E-state index contributed by atoms with van der Waals surface area (Å²) in [5, 5.41) is 10.2. The summed E-state index contributed by atoms with van der Waals surface area (Å²) in [5.41, 5.74) is 6.57. The number of rotatable bonds is 3. The summed E-state index contributed by atoms with van der Waals surface area (Å²) in [7, 11) is 0. The zero-order chi connectivity index (χ0) is 14.9. The molecule has 1 aromatic heterocycles. The van der Waals surface area contributed by atoms with Gasteiger partial charge < -0.3 is 15.4 Å². The van der Waals surface area contributed by atoms with Crippen molar-refractivity contribution in [3.63, 3.8) is 0 Å². The number of nitrogen functional groups attached to an aromatic ring is 1. The highest BCUT2D eigenvalue weighted by atomic mass is 32.1. The minimum absolute atomic E-state index is 0.0526. The molecule has 0 aromatic carbocycles. The summed E-state index contributed by atoms with van der Waals surface area (Å²) in [4.78, 5) is 2.89. The molecule has 1 aromatic rings. The maximum atomic E-state index is 9.20. The zero-order valence-electron chi connectivity index (χ0n) is 12.6. The van der Waals surface area contributed by atoms with Crippen LogP contribution in [0.3, 0.4) is 0 Å². The lowest BCUT2D eigenvalue weighted by molar-refractivity contribution is 0.244. The van der Waals surface area contributed by atoms with Crippen LogP contribution >= 0.6 is 11.3 Å². The molecule has 1 fully saturated rings. The molecule has 1 aliphatic heterocycles. The van der Waals surface area contributed by atoms with Gasteiger partial charge in [0.15, 0.2) is 5.75 Å². The minimum atomic E-state index is 0.0526. The van der Waals surface area contributed by atoms with Gasteiger partial charge in [-0.05, 0) is 32.1 Å². The Morgan fingerprint density at radius 3 is 2.45 bits per heavy atom. The first-order valence-electron chi connectivity index (χ1n) is 7.16. The first-order chi connectivity index (χ1) is 9.42. The van der Waals surface area contributed by atoms with Gasteiger partial charge in [0, 0.05) is 13.1 Å². The first kappa shape index (κ1) is 15.0. The normalized spacial score (nSPS) is 22.9. The molecule has 0 bridgehead atoms. The highest BCUT2D eigenvalue weighted by Gasteiger charge is 2.28. The van der Waals surface area contributed by atoms with Gasteiger partial charge >= 0.3 is 0 Å². The van der Waals surface area contributed by atoms with Gasteiger partial charge in [-0.2, -0.15) is 5.26 Å². The van der Waals surface area contributed by atoms with Gasteiger partial charge in [-0.15, -0.1) is 11.3 Å². The summed E-state index contributed by atoms with van der Waals surface area (Å²) < 4.78 is 5.87. The summed E-state index contributed by atoms with van der Waals surface area (Å²) in [6.45, 7) is 10.5. The standard InChI is InChI=1S/C15H23N3OS/c1-9(2)19-14-13(17)12(6-16)20-15(14)18-7-10(3)5-11(4)8-18/h9-11H,5,7-8,17H2,1-4H3. The highest BCUT2D eigenvalue weighted by molar-refractivity contribution is 7.17. The smallest absolute Gasteiger partial charge is 0.178 e. The van der Waals surface area contributed by atoms with Gasteiger partial charge in [0.2, 0.25) is 0 Å². The van der Waals surface area contributed by atoms with Crippen molar-refractivity contribution in [1.29, 1.82) is 5.26 Å². The largest absolute Gasteiger partial charge is 0.486 e. The van der Waals surface area contributed by atoms with E-state index in [0.717, 1.165) is 18.1 Å². The zero-order valence-corrected chi connectivity index (χ0v) is 13.5. The van der Waals surface area contributed by atoms with Crippen LogP contribution in [-0.4, -0.2) is 19.2 Å². The molecule has 2 unspecified atom stereocenters. The van der Waals surface area contributed by atoms with Crippen LogP contribution in [0.5, 0.6) is 5.75 Å². The van der Waals surface area contributed by atoms with Crippen LogP contribution in [0.2, 0.25) is 0 Å². The quantitative estimate of drug-likeness (QED) is 0.927. The topological polar surface area (TPSA) is 62.3 Å². The monoisotopic (exact) mass is 293 g/mol. The molecule has 110 valence electrons. The van der Waals surface area contributed by atoms with Crippen LogP contribution < -0.4 is 15.4 Å². The summed E-state index contributed by atoms with van der Waals surface area (Å²) in [5.74, 6) is 2.00. The van der Waals surface area contributed by atoms with E-state index in [9.17, 15) is 5.26 Å². The van der Waals surface area contributed by atoms with Crippen LogP contribution in [-0.2, 0) is 0 Å². The highest BCUT2D eigenvalue weighted by Crippen LogP contribution is 2.46. The Kier molecular flexibility index (Phi) is 4.44.